The minimum Gasteiger partial charge on any atom is -0.481 e. The third-order valence-electron chi connectivity index (χ3n) is 2.07. The topological polar surface area (TPSA) is 101 Å². The van der Waals surface area contributed by atoms with Crippen LogP contribution in [-0.4, -0.2) is 28.2 Å². The maximum Gasteiger partial charge on any atom is 0.321 e. The molecule has 0 aliphatic carbocycles. The molecule has 0 saturated heterocycles. The first-order valence-corrected chi connectivity index (χ1v) is 4.30. The van der Waals surface area contributed by atoms with Crippen LogP contribution in [0.4, 0.5) is 0 Å². The molecule has 0 unspecified atom stereocenters. The van der Waals surface area contributed by atoms with Gasteiger partial charge in [0.2, 0.25) is 0 Å². The lowest BCUT2D eigenvalue weighted by Crippen LogP contribution is -2.40. The second-order valence-electron chi connectivity index (χ2n) is 3.09. The second-order valence-corrected chi connectivity index (χ2v) is 3.09. The van der Waals surface area contributed by atoms with Crippen LogP contribution in [0.25, 0.3) is 0 Å². The fourth-order valence-corrected chi connectivity index (χ4v) is 1.31. The van der Waals surface area contributed by atoms with Gasteiger partial charge in [0.15, 0.2) is 0 Å². The number of nitrogens with two attached hydrogens (primary N) is 1. The predicted molar refractivity (Wildman–Crippen MR) is 52.4 cm³/mol. The Hall–Kier alpha value is -1.88. The van der Waals surface area contributed by atoms with Crippen molar-refractivity contribution in [3.8, 4) is 0 Å². The lowest BCUT2D eigenvalue weighted by Gasteiger charge is -2.16. The highest BCUT2D eigenvalue weighted by Gasteiger charge is 2.31. The zero-order chi connectivity index (χ0) is 11.4. The van der Waals surface area contributed by atoms with E-state index in [-0.39, 0.29) is 0 Å². The summed E-state index contributed by atoms with van der Waals surface area (Å²) in [5.74, 6) is -3.79. The van der Waals surface area contributed by atoms with Gasteiger partial charge in [-0.3, -0.25) is 9.59 Å². The Kier molecular flexibility index (Phi) is 3.41. The maximum absolute atomic E-state index is 10.9. The van der Waals surface area contributed by atoms with Crippen LogP contribution < -0.4 is 5.73 Å². The Morgan fingerprint density at radius 1 is 1.07 bits per heavy atom. The zero-order valence-electron chi connectivity index (χ0n) is 7.83. The molecular formula is C10H11NO4. The summed E-state index contributed by atoms with van der Waals surface area (Å²) < 4.78 is 0. The van der Waals surface area contributed by atoms with Gasteiger partial charge in [-0.15, -0.1) is 0 Å². The van der Waals surface area contributed by atoms with Gasteiger partial charge in [0.1, 0.15) is 12.0 Å². The van der Waals surface area contributed by atoms with Crippen LogP contribution in [0, 0.1) is 0 Å². The van der Waals surface area contributed by atoms with E-state index in [1.807, 2.05) is 0 Å². The standard InChI is InChI=1S/C10H11NO4/c11-8(10(14)15)7(9(12)13)6-4-2-1-3-5-6/h1-5,7-8H,11H2,(H,12,13)(H,14,15)/t7-,8+/m1/s1. The molecule has 5 nitrogen and oxygen atoms in total. The van der Waals surface area contributed by atoms with Crippen LogP contribution in [-0.2, 0) is 9.59 Å². The van der Waals surface area contributed by atoms with Gasteiger partial charge >= 0.3 is 11.9 Å². The molecule has 0 spiro atoms. The van der Waals surface area contributed by atoms with Crippen molar-refractivity contribution in [1.29, 1.82) is 0 Å². The van der Waals surface area contributed by atoms with Gasteiger partial charge < -0.3 is 15.9 Å². The smallest absolute Gasteiger partial charge is 0.321 e. The highest BCUT2D eigenvalue weighted by molar-refractivity contribution is 5.86. The first-order chi connectivity index (χ1) is 7.04. The van der Waals surface area contributed by atoms with Crippen molar-refractivity contribution in [3.63, 3.8) is 0 Å². The van der Waals surface area contributed by atoms with E-state index < -0.39 is 23.9 Å². The molecule has 0 amide bonds. The molecule has 2 atom stereocenters. The van der Waals surface area contributed by atoms with Gasteiger partial charge in [0.25, 0.3) is 0 Å². The monoisotopic (exact) mass is 209 g/mol. The SMILES string of the molecule is N[C@H](C(=O)O)[C@H](C(=O)O)c1ccccc1. The number of hydrogen-bond donors (Lipinski definition) is 3. The van der Waals surface area contributed by atoms with Crippen molar-refractivity contribution < 1.29 is 19.8 Å². The number of hydrogen-bond acceptors (Lipinski definition) is 3. The molecule has 0 aliphatic heterocycles. The first-order valence-electron chi connectivity index (χ1n) is 4.30. The lowest BCUT2D eigenvalue weighted by molar-refractivity contribution is -0.146. The summed E-state index contributed by atoms with van der Waals surface area (Å²) in [7, 11) is 0. The highest BCUT2D eigenvalue weighted by Crippen LogP contribution is 2.18. The molecule has 1 aromatic rings. The lowest BCUT2D eigenvalue weighted by atomic mass is 9.92. The van der Waals surface area contributed by atoms with E-state index in [2.05, 4.69) is 0 Å². The molecule has 1 rings (SSSR count). The molecule has 0 aromatic heterocycles. The summed E-state index contributed by atoms with van der Waals surface area (Å²) in [4.78, 5) is 21.5. The van der Waals surface area contributed by atoms with E-state index in [9.17, 15) is 9.59 Å². The van der Waals surface area contributed by atoms with E-state index in [1.54, 1.807) is 30.3 Å². The summed E-state index contributed by atoms with van der Waals surface area (Å²) >= 11 is 0. The molecule has 1 aromatic carbocycles. The van der Waals surface area contributed by atoms with Crippen molar-refractivity contribution in [2.75, 3.05) is 0 Å². The minimum atomic E-state index is -1.44. The Balaban J connectivity index is 3.04. The molecule has 5 heteroatoms. The number of aliphatic carboxylic acids is 2. The van der Waals surface area contributed by atoms with E-state index in [0.29, 0.717) is 5.56 Å². The summed E-state index contributed by atoms with van der Waals surface area (Å²) in [6, 6.07) is 6.64. The van der Waals surface area contributed by atoms with Crippen LogP contribution in [0.3, 0.4) is 0 Å². The summed E-state index contributed by atoms with van der Waals surface area (Å²) in [6.07, 6.45) is 0. The van der Waals surface area contributed by atoms with Crippen molar-refractivity contribution in [1.82, 2.24) is 0 Å². The van der Waals surface area contributed by atoms with Crippen LogP contribution in [0.5, 0.6) is 0 Å². The molecule has 0 radical (unpaired) electrons. The first kappa shape index (κ1) is 11.2. The third kappa shape index (κ3) is 2.54. The third-order valence-corrected chi connectivity index (χ3v) is 2.07. The second kappa shape index (κ2) is 4.56. The van der Waals surface area contributed by atoms with Crippen LogP contribution in [0.2, 0.25) is 0 Å². The molecule has 0 bridgehead atoms. The van der Waals surface area contributed by atoms with Crippen LogP contribution in [0.1, 0.15) is 11.5 Å². The molecule has 0 heterocycles. The highest BCUT2D eigenvalue weighted by atomic mass is 16.4. The number of benzene rings is 1. The quantitative estimate of drug-likeness (QED) is 0.660. The van der Waals surface area contributed by atoms with E-state index >= 15 is 0 Å². The van der Waals surface area contributed by atoms with Gasteiger partial charge in [-0.25, -0.2) is 0 Å². The minimum absolute atomic E-state index is 0.389. The summed E-state index contributed by atoms with van der Waals surface area (Å²) in [5, 5.41) is 17.6. The number of carboxylic acid groups (broad SMARTS) is 2. The molecule has 0 fully saturated rings. The largest absolute Gasteiger partial charge is 0.481 e. The van der Waals surface area contributed by atoms with E-state index in [1.165, 1.54) is 0 Å². The number of carboxylic acids is 2. The van der Waals surface area contributed by atoms with Crippen molar-refractivity contribution in [2.45, 2.75) is 12.0 Å². The maximum atomic E-state index is 10.9. The van der Waals surface area contributed by atoms with Crippen LogP contribution in [0.15, 0.2) is 30.3 Å². The van der Waals surface area contributed by atoms with Gasteiger partial charge in [-0.05, 0) is 5.56 Å². The normalized spacial score (nSPS) is 14.2. The van der Waals surface area contributed by atoms with E-state index in [0.717, 1.165) is 0 Å². The molecule has 0 saturated carbocycles. The van der Waals surface area contributed by atoms with Gasteiger partial charge in [0.05, 0.1) is 0 Å². The van der Waals surface area contributed by atoms with Crippen molar-refractivity contribution >= 4 is 11.9 Å². The summed E-state index contributed by atoms with van der Waals surface area (Å²) in [6.45, 7) is 0. The average Bonchev–Trinajstić information content (AvgIpc) is 2.18. The molecular weight excluding hydrogens is 198 g/mol. The zero-order valence-corrected chi connectivity index (χ0v) is 7.83. The Morgan fingerprint density at radius 3 is 2.00 bits per heavy atom. The van der Waals surface area contributed by atoms with Crippen molar-refractivity contribution in [2.24, 2.45) is 5.73 Å². The fourth-order valence-electron chi connectivity index (χ4n) is 1.31. The summed E-state index contributed by atoms with van der Waals surface area (Å²) in [5.41, 5.74) is 5.70. The van der Waals surface area contributed by atoms with Gasteiger partial charge in [0, 0.05) is 0 Å². The average molecular weight is 209 g/mol. The Bertz CT molecular complexity index is 363. The van der Waals surface area contributed by atoms with Crippen molar-refractivity contribution in [3.05, 3.63) is 35.9 Å². The predicted octanol–water partition coefficient (Wildman–Crippen LogP) is 0.267. The van der Waals surface area contributed by atoms with Crippen LogP contribution >= 0.6 is 0 Å². The molecule has 80 valence electrons. The Labute approximate surface area is 86.1 Å². The van der Waals surface area contributed by atoms with Gasteiger partial charge in [-0.1, -0.05) is 30.3 Å². The van der Waals surface area contributed by atoms with Gasteiger partial charge in [-0.2, -0.15) is 0 Å². The van der Waals surface area contributed by atoms with E-state index in [4.69, 9.17) is 15.9 Å². The Morgan fingerprint density at radius 2 is 1.60 bits per heavy atom. The molecule has 0 aliphatic rings. The number of carbonyl (C=O) groups is 2. The molecule has 15 heavy (non-hydrogen) atoms. The fraction of sp³-hybridized carbons (Fsp3) is 0.200. The number of rotatable bonds is 4. The molecule has 4 N–H and O–H groups in total.